The molecule has 3 amide bonds. The van der Waals surface area contributed by atoms with E-state index in [-0.39, 0.29) is 40.6 Å². The Morgan fingerprint density at radius 2 is 1.80 bits per heavy atom. The zero-order chi connectivity index (χ0) is 34.7. The van der Waals surface area contributed by atoms with Crippen LogP contribution in [0.25, 0.3) is 5.78 Å². The Labute approximate surface area is 276 Å². The zero-order valence-corrected chi connectivity index (χ0v) is 26.1. The van der Waals surface area contributed by atoms with Crippen LogP contribution in [0.4, 0.5) is 11.4 Å². The third-order valence-corrected chi connectivity index (χ3v) is 9.20. The highest BCUT2D eigenvalue weighted by molar-refractivity contribution is 5.99. The van der Waals surface area contributed by atoms with E-state index >= 15 is 0 Å². The Morgan fingerprint density at radius 1 is 1.00 bits per heavy atom. The second-order valence-corrected chi connectivity index (χ2v) is 12.1. The van der Waals surface area contributed by atoms with Crippen LogP contribution in [0, 0.1) is 6.92 Å². The molecule has 2 aliphatic rings. The van der Waals surface area contributed by atoms with E-state index in [0.717, 1.165) is 32.3 Å². The normalized spacial score (nSPS) is 15.2. The van der Waals surface area contributed by atoms with Gasteiger partial charge in [0, 0.05) is 25.7 Å². The number of rotatable bonds is 8. The quantitative estimate of drug-likeness (QED) is 0.141. The van der Waals surface area contributed by atoms with Gasteiger partial charge in [0.2, 0.25) is 5.82 Å². The first-order valence-electron chi connectivity index (χ1n) is 15.4. The number of carboxylic acid groups (broad SMARTS) is 1. The van der Waals surface area contributed by atoms with Crippen LogP contribution in [0.1, 0.15) is 87.8 Å². The number of nitrogens with one attached hydrogen (secondary N) is 2. The highest BCUT2D eigenvalue weighted by Crippen LogP contribution is 2.35. The fraction of sp³-hybridized carbons (Fsp3) is 0.242. The van der Waals surface area contributed by atoms with Crippen LogP contribution >= 0.6 is 0 Å². The number of carbonyl (C=O) groups is 4. The van der Waals surface area contributed by atoms with Crippen LogP contribution in [0.3, 0.4) is 0 Å². The third kappa shape index (κ3) is 5.32. The van der Waals surface area contributed by atoms with Gasteiger partial charge in [0.1, 0.15) is 22.8 Å². The summed E-state index contributed by atoms with van der Waals surface area (Å²) >= 11 is 0. The molecule has 0 radical (unpaired) electrons. The summed E-state index contributed by atoms with van der Waals surface area (Å²) in [5.74, 6) is -3.81. The number of carbonyl (C=O) groups excluding carboxylic acids is 3. The van der Waals surface area contributed by atoms with Crippen molar-refractivity contribution in [3.63, 3.8) is 0 Å². The lowest BCUT2D eigenvalue weighted by atomic mass is 9.96. The molecule has 3 heterocycles. The number of nitrogens with zero attached hydrogens (tertiary/aromatic N) is 5. The van der Waals surface area contributed by atoms with Gasteiger partial charge in [-0.1, -0.05) is 24.3 Å². The molecule has 1 atom stereocenters. The number of aromatic carboxylic acids is 1. The van der Waals surface area contributed by atoms with Crippen molar-refractivity contribution in [2.45, 2.75) is 45.3 Å². The Bertz CT molecular complexity index is 2340. The van der Waals surface area contributed by atoms with Crippen molar-refractivity contribution in [1.29, 1.82) is 0 Å². The maximum Gasteiger partial charge on any atom is 0.335 e. The minimum atomic E-state index is -1.03. The lowest BCUT2D eigenvalue weighted by Crippen LogP contribution is -2.44. The minimum absolute atomic E-state index is 0.0255. The first-order valence-corrected chi connectivity index (χ1v) is 15.4. The largest absolute Gasteiger partial charge is 0.478 e. The summed E-state index contributed by atoms with van der Waals surface area (Å²) < 4.78 is 1.04. The number of fused-ring (bicyclic) bond motifs is 3. The number of anilines is 2. The summed E-state index contributed by atoms with van der Waals surface area (Å²) in [6, 6.07) is 9.70. The number of amides is 3. The SMILES string of the molecule is Cc1c(C(=O)O)ccc2c1CC[C@@H]2NC(=O)c1cc(C(=O)NCc2ccc3c(c2)CN(c2c(N)c(=O)c2=O)CC3)nc2nc(C(N)=O)nn12. The van der Waals surface area contributed by atoms with E-state index in [2.05, 4.69) is 25.7 Å². The molecule has 1 aliphatic carbocycles. The zero-order valence-electron chi connectivity index (χ0n) is 26.1. The molecule has 0 saturated heterocycles. The number of hydrogen-bond acceptors (Lipinski definition) is 11. The van der Waals surface area contributed by atoms with Crippen LogP contribution in [0.2, 0.25) is 0 Å². The van der Waals surface area contributed by atoms with E-state index in [9.17, 15) is 33.9 Å². The molecule has 16 nitrogen and oxygen atoms in total. The lowest BCUT2D eigenvalue weighted by molar-refractivity contribution is 0.0695. The molecule has 49 heavy (non-hydrogen) atoms. The highest BCUT2D eigenvalue weighted by Gasteiger charge is 2.30. The van der Waals surface area contributed by atoms with E-state index in [4.69, 9.17) is 11.5 Å². The van der Waals surface area contributed by atoms with E-state index in [1.54, 1.807) is 17.9 Å². The van der Waals surface area contributed by atoms with Crippen molar-refractivity contribution < 1.29 is 24.3 Å². The molecule has 248 valence electrons. The van der Waals surface area contributed by atoms with Crippen LogP contribution < -0.4 is 37.9 Å². The molecule has 7 rings (SSSR count). The summed E-state index contributed by atoms with van der Waals surface area (Å²) in [5, 5.41) is 19.3. The van der Waals surface area contributed by atoms with E-state index < -0.39 is 46.4 Å². The van der Waals surface area contributed by atoms with Gasteiger partial charge in [0.05, 0.1) is 11.6 Å². The van der Waals surface area contributed by atoms with Crippen LogP contribution in [0.15, 0.2) is 46.0 Å². The fourth-order valence-electron chi connectivity index (χ4n) is 6.64. The summed E-state index contributed by atoms with van der Waals surface area (Å²) in [5.41, 5.74) is 15.1. The number of nitrogens with two attached hydrogens (primary N) is 2. The van der Waals surface area contributed by atoms with Gasteiger partial charge in [0.25, 0.3) is 34.4 Å². The van der Waals surface area contributed by atoms with Gasteiger partial charge >= 0.3 is 5.97 Å². The highest BCUT2D eigenvalue weighted by atomic mass is 16.4. The second kappa shape index (κ2) is 11.7. The summed E-state index contributed by atoms with van der Waals surface area (Å²) in [6.07, 6.45) is 1.73. The number of nitrogen functional groups attached to an aromatic ring is 1. The average molecular weight is 664 g/mol. The predicted molar refractivity (Wildman–Crippen MR) is 174 cm³/mol. The summed E-state index contributed by atoms with van der Waals surface area (Å²) in [4.78, 5) is 84.3. The third-order valence-electron chi connectivity index (χ3n) is 9.20. The van der Waals surface area contributed by atoms with Gasteiger partial charge in [-0.2, -0.15) is 9.50 Å². The van der Waals surface area contributed by atoms with Crippen molar-refractivity contribution >= 4 is 40.8 Å². The number of hydrogen-bond donors (Lipinski definition) is 5. The van der Waals surface area contributed by atoms with Gasteiger partial charge in [-0.25, -0.2) is 9.78 Å². The number of aromatic nitrogens is 4. The Kier molecular flexibility index (Phi) is 7.42. The minimum Gasteiger partial charge on any atom is -0.478 e. The molecule has 7 N–H and O–H groups in total. The summed E-state index contributed by atoms with van der Waals surface area (Å²) in [6.45, 7) is 2.75. The van der Waals surface area contributed by atoms with Gasteiger partial charge in [0.15, 0.2) is 0 Å². The van der Waals surface area contributed by atoms with Crippen LogP contribution in [0.5, 0.6) is 0 Å². The Morgan fingerprint density at radius 3 is 2.53 bits per heavy atom. The molecule has 1 aliphatic heterocycles. The summed E-state index contributed by atoms with van der Waals surface area (Å²) in [7, 11) is 0. The maximum absolute atomic E-state index is 13.7. The fourth-order valence-corrected chi connectivity index (χ4v) is 6.64. The Balaban J connectivity index is 1.12. The first-order chi connectivity index (χ1) is 23.4. The number of primary amides is 1. The van der Waals surface area contributed by atoms with Gasteiger partial charge in [-0.3, -0.25) is 24.0 Å². The van der Waals surface area contributed by atoms with Crippen molar-refractivity contribution in [3.8, 4) is 0 Å². The second-order valence-electron chi connectivity index (χ2n) is 12.1. The molecule has 0 fully saturated rings. The lowest BCUT2D eigenvalue weighted by Gasteiger charge is -2.32. The van der Waals surface area contributed by atoms with E-state index in [0.29, 0.717) is 37.9 Å². The molecule has 3 aromatic carbocycles. The standard InChI is InChI=1S/C33H29N9O7/c1-14-18-6-7-21(20(18)5-4-19(14)32(48)49)37-31(47)23-11-22(38-33-39-29(28(35)45)40-42(23)33)30(46)36-12-15-2-3-16-8-9-41(13-17(16)10-15)25-24(34)26(43)27(25)44/h2-5,10-11,21H,6-9,12-13,34H2,1H3,(H2,35,45)(H,36,46)(H,37,47)(H,48,49)/t21-/m0/s1. The first kappa shape index (κ1) is 31.2. The van der Waals surface area contributed by atoms with Crippen molar-refractivity contribution in [3.05, 3.63) is 113 Å². The molecule has 16 heteroatoms. The molecule has 2 aromatic heterocycles. The smallest absolute Gasteiger partial charge is 0.335 e. The molecular formula is C33H29N9O7. The molecule has 0 bridgehead atoms. The molecule has 0 unspecified atom stereocenters. The van der Waals surface area contributed by atoms with Crippen LogP contribution in [-0.2, 0) is 25.9 Å². The van der Waals surface area contributed by atoms with Crippen molar-refractivity contribution in [2.24, 2.45) is 5.73 Å². The molecule has 0 spiro atoms. The maximum atomic E-state index is 13.7. The van der Waals surface area contributed by atoms with Crippen LogP contribution in [-0.4, -0.2) is 54.9 Å². The van der Waals surface area contributed by atoms with E-state index in [1.807, 2.05) is 18.2 Å². The van der Waals surface area contributed by atoms with E-state index in [1.165, 1.54) is 12.1 Å². The van der Waals surface area contributed by atoms with Crippen molar-refractivity contribution in [1.82, 2.24) is 30.2 Å². The van der Waals surface area contributed by atoms with Gasteiger partial charge in [-0.15, -0.1) is 5.10 Å². The molecular weight excluding hydrogens is 634 g/mol. The monoisotopic (exact) mass is 663 g/mol. The average Bonchev–Trinajstić information content (AvgIpc) is 3.71. The Hall–Kier alpha value is -6.45. The number of carboxylic acids is 1. The topological polar surface area (TPSA) is 245 Å². The van der Waals surface area contributed by atoms with Crippen molar-refractivity contribution in [2.75, 3.05) is 17.2 Å². The molecule has 0 saturated carbocycles. The number of benzene rings is 2. The molecule has 5 aromatic rings. The predicted octanol–water partition coefficient (Wildman–Crippen LogP) is 0.318. The van der Waals surface area contributed by atoms with Gasteiger partial charge < -0.3 is 32.1 Å². The van der Waals surface area contributed by atoms with Gasteiger partial charge in [-0.05, 0) is 65.6 Å².